The average molecular weight is 315 g/mol. The molecule has 1 spiro atoms. The van der Waals surface area contributed by atoms with Gasteiger partial charge < -0.3 is 10.6 Å². The molecule has 2 heterocycles. The van der Waals surface area contributed by atoms with Gasteiger partial charge in [-0.15, -0.1) is 23.7 Å². The predicted octanol–water partition coefficient (Wildman–Crippen LogP) is 2.74. The number of carbonyl (C=O) groups is 1. The van der Waals surface area contributed by atoms with Crippen LogP contribution in [0.1, 0.15) is 35.9 Å². The van der Waals surface area contributed by atoms with Crippen molar-refractivity contribution in [2.45, 2.75) is 39.2 Å². The lowest BCUT2D eigenvalue weighted by molar-refractivity contribution is -0.123. The van der Waals surface area contributed by atoms with Crippen LogP contribution in [-0.2, 0) is 17.8 Å². The van der Waals surface area contributed by atoms with Gasteiger partial charge in [0.15, 0.2) is 0 Å². The second kappa shape index (κ2) is 6.46. The zero-order chi connectivity index (χ0) is 13.3. The molecule has 2 aliphatic rings. The van der Waals surface area contributed by atoms with E-state index in [9.17, 15) is 4.79 Å². The number of hydrogen-bond donors (Lipinski definition) is 2. The van der Waals surface area contributed by atoms with Crippen LogP contribution in [0.2, 0.25) is 0 Å². The molecule has 0 aromatic carbocycles. The lowest BCUT2D eigenvalue weighted by Gasteiger charge is -2.23. The van der Waals surface area contributed by atoms with Crippen molar-refractivity contribution in [2.75, 3.05) is 13.1 Å². The zero-order valence-corrected chi connectivity index (χ0v) is 13.5. The van der Waals surface area contributed by atoms with E-state index in [1.54, 1.807) is 0 Å². The van der Waals surface area contributed by atoms with Crippen molar-refractivity contribution >= 4 is 29.7 Å². The fourth-order valence-electron chi connectivity index (χ4n) is 3.20. The van der Waals surface area contributed by atoms with Crippen LogP contribution >= 0.6 is 23.7 Å². The molecule has 3 nitrogen and oxygen atoms in total. The van der Waals surface area contributed by atoms with Crippen molar-refractivity contribution in [2.24, 2.45) is 11.3 Å². The number of amides is 1. The van der Waals surface area contributed by atoms with E-state index in [1.165, 1.54) is 22.6 Å². The summed E-state index contributed by atoms with van der Waals surface area (Å²) in [5, 5.41) is 6.50. The van der Waals surface area contributed by atoms with E-state index in [0.29, 0.717) is 12.0 Å². The molecule has 112 valence electrons. The van der Waals surface area contributed by atoms with Crippen LogP contribution < -0.4 is 10.6 Å². The maximum Gasteiger partial charge on any atom is 0.223 e. The Labute approximate surface area is 130 Å². The zero-order valence-electron chi connectivity index (χ0n) is 11.9. The van der Waals surface area contributed by atoms with E-state index in [1.807, 2.05) is 11.3 Å². The number of thiophene rings is 1. The van der Waals surface area contributed by atoms with Gasteiger partial charge in [0.2, 0.25) is 5.91 Å². The van der Waals surface area contributed by atoms with Gasteiger partial charge in [0.1, 0.15) is 0 Å². The summed E-state index contributed by atoms with van der Waals surface area (Å²) in [4.78, 5) is 14.9. The van der Waals surface area contributed by atoms with Crippen molar-refractivity contribution in [3.63, 3.8) is 0 Å². The maximum absolute atomic E-state index is 12.2. The Hall–Kier alpha value is -0.580. The molecule has 1 aliphatic heterocycles. The Balaban J connectivity index is 0.00000147. The Bertz CT molecular complexity index is 468. The highest BCUT2D eigenvalue weighted by molar-refractivity contribution is 7.11. The van der Waals surface area contributed by atoms with Crippen LogP contribution in [0, 0.1) is 11.3 Å². The molecule has 1 atom stereocenters. The van der Waals surface area contributed by atoms with E-state index in [-0.39, 0.29) is 24.2 Å². The van der Waals surface area contributed by atoms with Gasteiger partial charge in [-0.3, -0.25) is 4.79 Å². The molecule has 2 fully saturated rings. The first kappa shape index (κ1) is 15.8. The third-order valence-corrected chi connectivity index (χ3v) is 5.84. The second-order valence-electron chi connectivity index (χ2n) is 5.81. The molecule has 1 saturated carbocycles. The molecular formula is C15H23ClN2OS. The first-order valence-electron chi connectivity index (χ1n) is 7.29. The van der Waals surface area contributed by atoms with E-state index >= 15 is 0 Å². The number of halogens is 1. The number of nitrogens with one attached hydrogen (secondary N) is 2. The normalized spacial score (nSPS) is 23.1. The molecule has 20 heavy (non-hydrogen) atoms. The van der Waals surface area contributed by atoms with E-state index in [2.05, 4.69) is 29.7 Å². The van der Waals surface area contributed by atoms with Gasteiger partial charge in [-0.1, -0.05) is 6.92 Å². The molecule has 1 aromatic rings. The lowest BCUT2D eigenvalue weighted by atomic mass is 9.92. The van der Waals surface area contributed by atoms with Crippen molar-refractivity contribution in [3.05, 3.63) is 21.9 Å². The Morgan fingerprint density at radius 3 is 2.75 bits per heavy atom. The van der Waals surface area contributed by atoms with E-state index in [0.717, 1.165) is 25.9 Å². The first-order valence-corrected chi connectivity index (χ1v) is 8.11. The quantitative estimate of drug-likeness (QED) is 0.897. The summed E-state index contributed by atoms with van der Waals surface area (Å²) in [6.45, 7) is 5.02. The van der Waals surface area contributed by atoms with Crippen molar-refractivity contribution < 1.29 is 4.79 Å². The van der Waals surface area contributed by atoms with Crippen LogP contribution in [-0.4, -0.2) is 19.0 Å². The third kappa shape index (κ3) is 3.18. The van der Waals surface area contributed by atoms with Crippen LogP contribution in [0.4, 0.5) is 0 Å². The van der Waals surface area contributed by atoms with E-state index in [4.69, 9.17) is 0 Å². The molecule has 1 saturated heterocycles. The number of hydrogen-bond acceptors (Lipinski definition) is 3. The van der Waals surface area contributed by atoms with Gasteiger partial charge in [-0.05, 0) is 56.3 Å². The molecule has 0 bridgehead atoms. The van der Waals surface area contributed by atoms with Crippen molar-refractivity contribution in [3.8, 4) is 0 Å². The minimum atomic E-state index is 0. The van der Waals surface area contributed by atoms with Crippen LogP contribution in [0.25, 0.3) is 0 Å². The van der Waals surface area contributed by atoms with Gasteiger partial charge in [-0.2, -0.15) is 0 Å². The molecule has 2 N–H and O–H groups in total. The SMILES string of the molecule is CCc1ccc(CNC(=O)C2CC23CCNCC3)s1.Cl. The molecule has 0 radical (unpaired) electrons. The highest BCUT2D eigenvalue weighted by atomic mass is 35.5. The molecule has 1 aliphatic carbocycles. The molecule has 3 rings (SSSR count). The largest absolute Gasteiger partial charge is 0.351 e. The monoisotopic (exact) mass is 314 g/mol. The van der Waals surface area contributed by atoms with Crippen molar-refractivity contribution in [1.82, 2.24) is 10.6 Å². The fourth-order valence-corrected chi connectivity index (χ4v) is 4.10. The van der Waals surface area contributed by atoms with E-state index < -0.39 is 0 Å². The van der Waals surface area contributed by atoms with Gasteiger partial charge in [0.25, 0.3) is 0 Å². The fraction of sp³-hybridized carbons (Fsp3) is 0.667. The average Bonchev–Trinajstić information content (AvgIpc) is 2.93. The van der Waals surface area contributed by atoms with Gasteiger partial charge in [0, 0.05) is 15.7 Å². The lowest BCUT2D eigenvalue weighted by Crippen LogP contribution is -2.33. The van der Waals surface area contributed by atoms with Gasteiger partial charge in [-0.25, -0.2) is 0 Å². The number of aryl methyl sites for hydroxylation is 1. The first-order chi connectivity index (χ1) is 9.23. The highest BCUT2D eigenvalue weighted by Crippen LogP contribution is 2.58. The number of rotatable bonds is 4. The summed E-state index contributed by atoms with van der Waals surface area (Å²) >= 11 is 1.81. The molecular weight excluding hydrogens is 292 g/mol. The summed E-state index contributed by atoms with van der Waals surface area (Å²) in [6, 6.07) is 4.30. The molecule has 1 aromatic heterocycles. The third-order valence-electron chi connectivity index (χ3n) is 4.61. The summed E-state index contributed by atoms with van der Waals surface area (Å²) in [5.41, 5.74) is 0.347. The van der Waals surface area contributed by atoms with Gasteiger partial charge in [0.05, 0.1) is 6.54 Å². The summed E-state index contributed by atoms with van der Waals surface area (Å²) < 4.78 is 0. The second-order valence-corrected chi connectivity index (χ2v) is 7.06. The summed E-state index contributed by atoms with van der Waals surface area (Å²) in [7, 11) is 0. The summed E-state index contributed by atoms with van der Waals surface area (Å²) in [5.74, 6) is 0.550. The highest BCUT2D eigenvalue weighted by Gasteiger charge is 2.57. The minimum Gasteiger partial charge on any atom is -0.351 e. The number of piperidine rings is 1. The Kier molecular flexibility index (Phi) is 5.10. The maximum atomic E-state index is 12.2. The predicted molar refractivity (Wildman–Crippen MR) is 85.4 cm³/mol. The molecule has 1 unspecified atom stereocenters. The minimum absolute atomic E-state index is 0. The Morgan fingerprint density at radius 2 is 2.10 bits per heavy atom. The van der Waals surface area contributed by atoms with Gasteiger partial charge >= 0.3 is 0 Å². The van der Waals surface area contributed by atoms with Crippen LogP contribution in [0.3, 0.4) is 0 Å². The van der Waals surface area contributed by atoms with Crippen molar-refractivity contribution in [1.29, 1.82) is 0 Å². The summed E-state index contributed by atoms with van der Waals surface area (Å²) in [6.07, 6.45) is 4.52. The molecule has 5 heteroatoms. The number of carbonyl (C=O) groups excluding carboxylic acids is 1. The Morgan fingerprint density at radius 1 is 1.40 bits per heavy atom. The smallest absolute Gasteiger partial charge is 0.223 e. The standard InChI is InChI=1S/C15H22N2OS.ClH/c1-2-11-3-4-12(19-11)10-17-14(18)13-9-15(13)5-7-16-8-6-15;/h3-4,13,16H,2,5-10H2,1H3,(H,17,18);1H. The van der Waals surface area contributed by atoms with Crippen LogP contribution in [0.15, 0.2) is 12.1 Å². The van der Waals surface area contributed by atoms with Crippen LogP contribution in [0.5, 0.6) is 0 Å². The topological polar surface area (TPSA) is 41.1 Å². The molecule has 1 amide bonds.